The first-order chi connectivity index (χ1) is 7.20. The maximum absolute atomic E-state index is 7.76. The Labute approximate surface area is 91.7 Å². The second-order valence-electron chi connectivity index (χ2n) is 2.94. The summed E-state index contributed by atoms with van der Waals surface area (Å²) in [6, 6.07) is 0. The van der Waals surface area contributed by atoms with Gasteiger partial charge >= 0.3 is 8.60 Å². The first-order valence-corrected chi connectivity index (χ1v) is 6.05. The SMILES string of the molecule is CCCCCn1ccnc1.COP(O)O. The molecule has 0 bridgehead atoms. The molecule has 6 heteroatoms. The Morgan fingerprint density at radius 3 is 2.47 bits per heavy atom. The summed E-state index contributed by atoms with van der Waals surface area (Å²) in [7, 11) is -0.870. The summed E-state index contributed by atoms with van der Waals surface area (Å²) in [6.07, 6.45) is 9.58. The van der Waals surface area contributed by atoms with Crippen molar-refractivity contribution in [2.24, 2.45) is 0 Å². The van der Waals surface area contributed by atoms with Gasteiger partial charge in [-0.05, 0) is 6.42 Å². The maximum atomic E-state index is 7.76. The fourth-order valence-corrected chi connectivity index (χ4v) is 0.963. The lowest BCUT2D eigenvalue weighted by Gasteiger charge is -1.98. The minimum atomic E-state index is -2.10. The van der Waals surface area contributed by atoms with Gasteiger partial charge in [0.1, 0.15) is 0 Å². The van der Waals surface area contributed by atoms with Crippen molar-refractivity contribution >= 4 is 8.60 Å². The van der Waals surface area contributed by atoms with Crippen molar-refractivity contribution < 1.29 is 14.3 Å². The van der Waals surface area contributed by atoms with E-state index in [0.717, 1.165) is 6.54 Å². The number of hydrogen-bond acceptors (Lipinski definition) is 4. The fraction of sp³-hybridized carbons (Fsp3) is 0.667. The van der Waals surface area contributed by atoms with Crippen molar-refractivity contribution in [1.82, 2.24) is 9.55 Å². The molecule has 15 heavy (non-hydrogen) atoms. The van der Waals surface area contributed by atoms with Gasteiger partial charge in [0, 0.05) is 26.0 Å². The lowest BCUT2D eigenvalue weighted by molar-refractivity contribution is 0.310. The van der Waals surface area contributed by atoms with Crippen molar-refractivity contribution in [3.05, 3.63) is 18.7 Å². The second kappa shape index (κ2) is 10.1. The van der Waals surface area contributed by atoms with Crippen LogP contribution >= 0.6 is 8.60 Å². The van der Waals surface area contributed by atoms with Crippen LogP contribution in [-0.2, 0) is 11.1 Å². The second-order valence-corrected chi connectivity index (χ2v) is 3.81. The smallest absolute Gasteiger partial charge is 0.326 e. The number of nitrogens with zero attached hydrogens (tertiary/aromatic N) is 2. The largest absolute Gasteiger partial charge is 0.337 e. The van der Waals surface area contributed by atoms with Crippen molar-refractivity contribution in [2.45, 2.75) is 32.7 Å². The van der Waals surface area contributed by atoms with Crippen LogP contribution in [0.3, 0.4) is 0 Å². The normalized spacial score (nSPS) is 9.93. The zero-order valence-corrected chi connectivity index (χ0v) is 10.1. The molecule has 0 aromatic carbocycles. The van der Waals surface area contributed by atoms with E-state index in [1.165, 1.54) is 26.4 Å². The van der Waals surface area contributed by atoms with Gasteiger partial charge < -0.3 is 18.9 Å². The molecule has 0 atom stereocenters. The topological polar surface area (TPSA) is 67.5 Å². The zero-order chi connectivity index (χ0) is 11.5. The molecule has 0 fully saturated rings. The molecule has 0 unspecified atom stereocenters. The van der Waals surface area contributed by atoms with Crippen LogP contribution in [-0.4, -0.2) is 26.4 Å². The van der Waals surface area contributed by atoms with Crippen LogP contribution < -0.4 is 0 Å². The van der Waals surface area contributed by atoms with Crippen LogP contribution in [0.4, 0.5) is 0 Å². The number of aromatic nitrogens is 2. The Hall–Kier alpha value is -0.480. The molecule has 0 aliphatic heterocycles. The number of imidazole rings is 1. The average molecular weight is 234 g/mol. The van der Waals surface area contributed by atoms with Crippen LogP contribution in [0.5, 0.6) is 0 Å². The van der Waals surface area contributed by atoms with E-state index in [1.54, 1.807) is 0 Å². The monoisotopic (exact) mass is 234 g/mol. The summed E-state index contributed by atoms with van der Waals surface area (Å²) in [4.78, 5) is 19.5. The summed E-state index contributed by atoms with van der Waals surface area (Å²) >= 11 is 0. The van der Waals surface area contributed by atoms with Gasteiger partial charge in [-0.2, -0.15) is 0 Å². The van der Waals surface area contributed by atoms with Crippen LogP contribution in [0.15, 0.2) is 18.7 Å². The van der Waals surface area contributed by atoms with E-state index < -0.39 is 8.60 Å². The number of hydrogen-bond donors (Lipinski definition) is 2. The van der Waals surface area contributed by atoms with Crippen molar-refractivity contribution in [1.29, 1.82) is 0 Å². The summed E-state index contributed by atoms with van der Waals surface area (Å²) in [5, 5.41) is 0. The van der Waals surface area contributed by atoms with Crippen LogP contribution in [0, 0.1) is 0 Å². The van der Waals surface area contributed by atoms with E-state index in [1.807, 2.05) is 18.7 Å². The third-order valence-electron chi connectivity index (χ3n) is 1.74. The van der Waals surface area contributed by atoms with Crippen molar-refractivity contribution in [3.63, 3.8) is 0 Å². The molecule has 0 saturated carbocycles. The first-order valence-electron chi connectivity index (χ1n) is 4.88. The standard InChI is InChI=1S/C8H14N2.CH5O3P/c1-2-3-4-6-10-7-5-9-8-10;1-4-5(2)3/h5,7-8H,2-4,6H2,1H3;2-3H,1H3. The molecule has 0 radical (unpaired) electrons. The molecule has 0 amide bonds. The predicted octanol–water partition coefficient (Wildman–Crippen LogP) is 1.92. The summed E-state index contributed by atoms with van der Waals surface area (Å²) in [5.74, 6) is 0. The van der Waals surface area contributed by atoms with Crippen LogP contribution in [0.25, 0.3) is 0 Å². The number of unbranched alkanes of at least 4 members (excludes halogenated alkanes) is 2. The summed E-state index contributed by atoms with van der Waals surface area (Å²) in [6.45, 7) is 3.34. The molecule has 1 aromatic rings. The highest BCUT2D eigenvalue weighted by atomic mass is 31.2. The van der Waals surface area contributed by atoms with E-state index in [9.17, 15) is 0 Å². The molecule has 88 valence electrons. The Morgan fingerprint density at radius 1 is 1.40 bits per heavy atom. The minimum Gasteiger partial charge on any atom is -0.337 e. The van der Waals surface area contributed by atoms with E-state index in [2.05, 4.69) is 21.0 Å². The number of rotatable bonds is 5. The molecular weight excluding hydrogens is 215 g/mol. The van der Waals surface area contributed by atoms with Gasteiger partial charge in [-0.3, -0.25) is 0 Å². The Kier molecular flexibility index (Phi) is 9.73. The molecule has 0 aliphatic rings. The molecule has 2 N–H and O–H groups in total. The molecule has 5 nitrogen and oxygen atoms in total. The highest BCUT2D eigenvalue weighted by Crippen LogP contribution is 2.20. The van der Waals surface area contributed by atoms with E-state index in [0.29, 0.717) is 0 Å². The van der Waals surface area contributed by atoms with Gasteiger partial charge in [-0.1, -0.05) is 19.8 Å². The van der Waals surface area contributed by atoms with Gasteiger partial charge in [-0.25, -0.2) is 4.98 Å². The Balaban J connectivity index is 0.000000336. The van der Waals surface area contributed by atoms with E-state index >= 15 is 0 Å². The first kappa shape index (κ1) is 14.5. The summed E-state index contributed by atoms with van der Waals surface area (Å²) in [5.41, 5.74) is 0. The third-order valence-corrected chi connectivity index (χ3v) is 2.07. The third kappa shape index (κ3) is 9.82. The van der Waals surface area contributed by atoms with E-state index in [-0.39, 0.29) is 0 Å². The molecule has 1 aromatic heterocycles. The highest BCUT2D eigenvalue weighted by molar-refractivity contribution is 7.39. The van der Waals surface area contributed by atoms with Gasteiger partial charge in [0.25, 0.3) is 0 Å². The molecule has 0 aliphatic carbocycles. The molecular formula is C9H19N2O3P. The van der Waals surface area contributed by atoms with E-state index in [4.69, 9.17) is 9.79 Å². The molecule has 0 saturated heterocycles. The van der Waals surface area contributed by atoms with Crippen LogP contribution in [0.1, 0.15) is 26.2 Å². The van der Waals surface area contributed by atoms with Crippen molar-refractivity contribution in [3.8, 4) is 0 Å². The highest BCUT2D eigenvalue weighted by Gasteiger charge is 1.87. The van der Waals surface area contributed by atoms with Crippen LogP contribution in [0.2, 0.25) is 0 Å². The lowest BCUT2D eigenvalue weighted by atomic mass is 10.2. The average Bonchev–Trinajstić information content (AvgIpc) is 2.72. The van der Waals surface area contributed by atoms with Gasteiger partial charge in [0.15, 0.2) is 0 Å². The minimum absolute atomic E-state index is 1.12. The quantitative estimate of drug-likeness (QED) is 0.603. The van der Waals surface area contributed by atoms with Gasteiger partial charge in [-0.15, -0.1) is 0 Å². The molecule has 1 rings (SSSR count). The Morgan fingerprint density at radius 2 is 2.07 bits per heavy atom. The lowest BCUT2D eigenvalue weighted by Crippen LogP contribution is -1.92. The fourth-order valence-electron chi connectivity index (χ4n) is 0.963. The predicted molar refractivity (Wildman–Crippen MR) is 60.1 cm³/mol. The van der Waals surface area contributed by atoms with Crippen molar-refractivity contribution in [2.75, 3.05) is 7.11 Å². The summed E-state index contributed by atoms with van der Waals surface area (Å²) < 4.78 is 6.05. The molecule has 0 spiro atoms. The zero-order valence-electron chi connectivity index (χ0n) is 9.20. The Bertz CT molecular complexity index is 217. The molecule has 1 heterocycles. The van der Waals surface area contributed by atoms with Gasteiger partial charge in [0.2, 0.25) is 0 Å². The maximum Gasteiger partial charge on any atom is 0.326 e. The van der Waals surface area contributed by atoms with Gasteiger partial charge in [0.05, 0.1) is 6.33 Å². The number of aryl methyl sites for hydroxylation is 1.